The zero-order valence-corrected chi connectivity index (χ0v) is 10.0. The highest BCUT2D eigenvalue weighted by atomic mass is 16.5. The summed E-state index contributed by atoms with van der Waals surface area (Å²) in [6, 6.07) is 1.52. The first-order valence-corrected chi connectivity index (χ1v) is 6.33. The highest BCUT2D eigenvalue weighted by Gasteiger charge is 2.33. The van der Waals surface area contributed by atoms with E-state index in [4.69, 9.17) is 4.74 Å². The Morgan fingerprint density at radius 3 is 2.87 bits per heavy atom. The minimum absolute atomic E-state index is 0.521. The molecule has 1 aliphatic heterocycles. The van der Waals surface area contributed by atoms with Gasteiger partial charge in [0, 0.05) is 32.3 Å². The fourth-order valence-electron chi connectivity index (χ4n) is 3.04. The van der Waals surface area contributed by atoms with Gasteiger partial charge in [-0.15, -0.1) is 0 Å². The predicted molar refractivity (Wildman–Crippen MR) is 62.1 cm³/mol. The Labute approximate surface area is 93.2 Å². The van der Waals surface area contributed by atoms with Crippen molar-refractivity contribution in [2.24, 2.45) is 0 Å². The molecule has 0 aromatic heterocycles. The Bertz CT molecular complexity index is 198. The number of ether oxygens (including phenoxy) is 1. The first-order valence-electron chi connectivity index (χ1n) is 6.33. The summed E-state index contributed by atoms with van der Waals surface area (Å²) >= 11 is 0. The average Bonchev–Trinajstić information content (AvgIpc) is 2.85. The first-order chi connectivity index (χ1) is 7.33. The lowest BCUT2D eigenvalue weighted by Crippen LogP contribution is -2.36. The van der Waals surface area contributed by atoms with Crippen LogP contribution in [0.15, 0.2) is 0 Å². The summed E-state index contributed by atoms with van der Waals surface area (Å²) in [6.07, 6.45) is 5.67. The van der Waals surface area contributed by atoms with Crippen LogP contribution in [0.3, 0.4) is 0 Å². The summed E-state index contributed by atoms with van der Waals surface area (Å²) in [5.74, 6) is 0. The number of methoxy groups -OCH3 is 1. The molecule has 2 rings (SSSR count). The molecule has 88 valence electrons. The number of rotatable bonds is 4. The molecular formula is C12H24N2O. The molecule has 3 unspecified atom stereocenters. The van der Waals surface area contributed by atoms with Gasteiger partial charge in [-0.3, -0.25) is 4.90 Å². The number of hydrogen-bond donors (Lipinski definition) is 1. The maximum absolute atomic E-state index is 5.43. The topological polar surface area (TPSA) is 24.5 Å². The van der Waals surface area contributed by atoms with Crippen LogP contribution in [-0.2, 0) is 4.74 Å². The summed E-state index contributed by atoms with van der Waals surface area (Å²) in [5, 5.41) is 3.55. The summed E-state index contributed by atoms with van der Waals surface area (Å²) in [4.78, 5) is 2.66. The normalized spacial score (nSPS) is 37.6. The average molecular weight is 212 g/mol. The molecule has 0 amide bonds. The van der Waals surface area contributed by atoms with Crippen LogP contribution >= 0.6 is 0 Å². The molecule has 3 heteroatoms. The van der Waals surface area contributed by atoms with Gasteiger partial charge in [-0.05, 0) is 32.2 Å². The highest BCUT2D eigenvalue weighted by molar-refractivity contribution is 4.89. The van der Waals surface area contributed by atoms with Crippen molar-refractivity contribution in [1.82, 2.24) is 10.2 Å². The van der Waals surface area contributed by atoms with Gasteiger partial charge in [0.15, 0.2) is 0 Å². The highest BCUT2D eigenvalue weighted by Crippen LogP contribution is 2.28. The molecule has 0 aromatic carbocycles. The molecule has 1 heterocycles. The van der Waals surface area contributed by atoms with Crippen molar-refractivity contribution in [3.05, 3.63) is 0 Å². The van der Waals surface area contributed by atoms with Crippen LogP contribution in [0.1, 0.15) is 32.6 Å². The van der Waals surface area contributed by atoms with Gasteiger partial charge in [0.2, 0.25) is 0 Å². The summed E-state index contributed by atoms with van der Waals surface area (Å²) < 4.78 is 5.43. The molecule has 1 saturated carbocycles. The Morgan fingerprint density at radius 1 is 1.33 bits per heavy atom. The Morgan fingerprint density at radius 2 is 2.20 bits per heavy atom. The molecule has 0 spiro atoms. The monoisotopic (exact) mass is 212 g/mol. The van der Waals surface area contributed by atoms with E-state index in [2.05, 4.69) is 17.1 Å². The minimum Gasteiger partial charge on any atom is -0.381 e. The van der Waals surface area contributed by atoms with Crippen LogP contribution in [-0.4, -0.2) is 49.8 Å². The first kappa shape index (κ1) is 11.4. The SMILES string of the molecule is CCNC1CCN(C2CCC(OC)C2)C1. The lowest BCUT2D eigenvalue weighted by Gasteiger charge is -2.23. The van der Waals surface area contributed by atoms with Crippen molar-refractivity contribution >= 4 is 0 Å². The Kier molecular flexibility index (Phi) is 4.00. The van der Waals surface area contributed by atoms with E-state index in [0.717, 1.165) is 18.6 Å². The van der Waals surface area contributed by atoms with Gasteiger partial charge in [-0.25, -0.2) is 0 Å². The van der Waals surface area contributed by atoms with Crippen molar-refractivity contribution in [3.63, 3.8) is 0 Å². The van der Waals surface area contributed by atoms with E-state index in [1.54, 1.807) is 0 Å². The van der Waals surface area contributed by atoms with E-state index in [1.807, 2.05) is 7.11 Å². The zero-order chi connectivity index (χ0) is 10.7. The summed E-state index contributed by atoms with van der Waals surface area (Å²) in [7, 11) is 1.85. The lowest BCUT2D eigenvalue weighted by atomic mass is 10.2. The van der Waals surface area contributed by atoms with Gasteiger partial charge in [0.05, 0.1) is 6.10 Å². The van der Waals surface area contributed by atoms with E-state index >= 15 is 0 Å². The smallest absolute Gasteiger partial charge is 0.0586 e. The second-order valence-corrected chi connectivity index (χ2v) is 4.86. The fourth-order valence-corrected chi connectivity index (χ4v) is 3.04. The van der Waals surface area contributed by atoms with Gasteiger partial charge in [0.25, 0.3) is 0 Å². The maximum atomic E-state index is 5.43. The van der Waals surface area contributed by atoms with Crippen molar-refractivity contribution in [2.45, 2.75) is 50.8 Å². The molecule has 0 bridgehead atoms. The maximum Gasteiger partial charge on any atom is 0.0586 e. The van der Waals surface area contributed by atoms with Gasteiger partial charge < -0.3 is 10.1 Å². The molecule has 2 fully saturated rings. The van der Waals surface area contributed by atoms with Gasteiger partial charge >= 0.3 is 0 Å². The van der Waals surface area contributed by atoms with E-state index < -0.39 is 0 Å². The van der Waals surface area contributed by atoms with Crippen LogP contribution in [0, 0.1) is 0 Å². The number of nitrogens with one attached hydrogen (secondary N) is 1. The number of nitrogens with zero attached hydrogens (tertiary/aromatic N) is 1. The van der Waals surface area contributed by atoms with Crippen molar-refractivity contribution in [1.29, 1.82) is 0 Å². The molecule has 3 nitrogen and oxygen atoms in total. The van der Waals surface area contributed by atoms with Gasteiger partial charge in [-0.1, -0.05) is 6.92 Å². The molecule has 1 N–H and O–H groups in total. The fraction of sp³-hybridized carbons (Fsp3) is 1.00. The van der Waals surface area contributed by atoms with Crippen molar-refractivity contribution < 1.29 is 4.74 Å². The van der Waals surface area contributed by atoms with E-state index in [-0.39, 0.29) is 0 Å². The molecule has 0 aromatic rings. The van der Waals surface area contributed by atoms with Crippen LogP contribution < -0.4 is 5.32 Å². The molecule has 1 aliphatic carbocycles. The third kappa shape index (κ3) is 2.71. The Hall–Kier alpha value is -0.120. The molecular weight excluding hydrogens is 188 g/mol. The second-order valence-electron chi connectivity index (χ2n) is 4.86. The van der Waals surface area contributed by atoms with Gasteiger partial charge in [0.1, 0.15) is 0 Å². The lowest BCUT2D eigenvalue weighted by molar-refractivity contribution is 0.0994. The van der Waals surface area contributed by atoms with Crippen LogP contribution in [0.25, 0.3) is 0 Å². The summed E-state index contributed by atoms with van der Waals surface area (Å²) in [5.41, 5.74) is 0. The molecule has 0 radical (unpaired) electrons. The molecule has 2 aliphatic rings. The molecule has 3 atom stereocenters. The van der Waals surface area contributed by atoms with E-state index in [1.165, 1.54) is 38.8 Å². The Balaban J connectivity index is 1.76. The third-order valence-electron chi connectivity index (χ3n) is 3.92. The minimum atomic E-state index is 0.521. The third-order valence-corrected chi connectivity index (χ3v) is 3.92. The van der Waals surface area contributed by atoms with E-state index in [9.17, 15) is 0 Å². The van der Waals surface area contributed by atoms with Crippen LogP contribution in [0.4, 0.5) is 0 Å². The predicted octanol–water partition coefficient (Wildman–Crippen LogP) is 1.24. The van der Waals surface area contributed by atoms with Crippen molar-refractivity contribution in [2.75, 3.05) is 26.7 Å². The molecule has 1 saturated heterocycles. The second kappa shape index (κ2) is 5.28. The van der Waals surface area contributed by atoms with Crippen molar-refractivity contribution in [3.8, 4) is 0 Å². The van der Waals surface area contributed by atoms with Gasteiger partial charge in [-0.2, -0.15) is 0 Å². The van der Waals surface area contributed by atoms with Crippen LogP contribution in [0.2, 0.25) is 0 Å². The van der Waals surface area contributed by atoms with Crippen LogP contribution in [0.5, 0.6) is 0 Å². The van der Waals surface area contributed by atoms with E-state index in [0.29, 0.717) is 6.10 Å². The summed E-state index contributed by atoms with van der Waals surface area (Å²) in [6.45, 7) is 5.82. The largest absolute Gasteiger partial charge is 0.381 e. The standard InChI is InChI=1S/C12H24N2O/c1-3-13-10-6-7-14(9-10)11-4-5-12(8-11)15-2/h10-13H,3-9H2,1-2H3. The quantitative estimate of drug-likeness (QED) is 0.759. The molecule has 15 heavy (non-hydrogen) atoms. The number of likely N-dealkylation sites (N-methyl/N-ethyl adjacent to an activating group) is 1. The number of hydrogen-bond acceptors (Lipinski definition) is 3. The zero-order valence-electron chi connectivity index (χ0n) is 10.0. The number of likely N-dealkylation sites (tertiary alicyclic amines) is 1.